The van der Waals surface area contributed by atoms with Crippen LogP contribution < -0.4 is 4.74 Å². The Morgan fingerprint density at radius 3 is 2.61 bits per heavy atom. The molecule has 18 heavy (non-hydrogen) atoms. The van der Waals surface area contributed by atoms with Crippen molar-refractivity contribution in [1.82, 2.24) is 0 Å². The SMILES string of the molecule is N#Cc1cc(Br)ccc1OC1CCC(F)(F)CC1. The van der Waals surface area contributed by atoms with Gasteiger partial charge in [-0.25, -0.2) is 8.78 Å². The summed E-state index contributed by atoms with van der Waals surface area (Å²) in [5, 5.41) is 8.98. The molecule has 96 valence electrons. The summed E-state index contributed by atoms with van der Waals surface area (Å²) in [6.45, 7) is 0. The van der Waals surface area contributed by atoms with Gasteiger partial charge in [0, 0.05) is 17.3 Å². The lowest BCUT2D eigenvalue weighted by atomic mass is 9.94. The second kappa shape index (κ2) is 5.23. The Labute approximate surface area is 113 Å². The van der Waals surface area contributed by atoms with Crippen molar-refractivity contribution in [2.45, 2.75) is 37.7 Å². The summed E-state index contributed by atoms with van der Waals surface area (Å²) in [4.78, 5) is 0. The molecule has 2 rings (SSSR count). The van der Waals surface area contributed by atoms with Crippen LogP contribution in [0.4, 0.5) is 8.78 Å². The lowest BCUT2D eigenvalue weighted by molar-refractivity contribution is -0.0582. The van der Waals surface area contributed by atoms with Crippen molar-refractivity contribution in [1.29, 1.82) is 5.26 Å². The van der Waals surface area contributed by atoms with Crippen molar-refractivity contribution in [3.05, 3.63) is 28.2 Å². The molecule has 0 aliphatic heterocycles. The zero-order chi connectivity index (χ0) is 13.2. The van der Waals surface area contributed by atoms with E-state index in [0.717, 1.165) is 4.47 Å². The van der Waals surface area contributed by atoms with E-state index >= 15 is 0 Å². The average molecular weight is 316 g/mol. The zero-order valence-electron chi connectivity index (χ0n) is 9.63. The summed E-state index contributed by atoms with van der Waals surface area (Å²) >= 11 is 3.27. The minimum absolute atomic E-state index is 0.143. The number of halogens is 3. The van der Waals surface area contributed by atoms with Crippen LogP contribution in [-0.4, -0.2) is 12.0 Å². The standard InChI is InChI=1S/C13H12BrF2NO/c14-10-1-2-12(9(7-10)8-17)18-11-3-5-13(15,16)6-4-11/h1-2,7,11H,3-6H2. The molecule has 1 aliphatic rings. The Hall–Kier alpha value is -1.15. The van der Waals surface area contributed by atoms with Gasteiger partial charge in [-0.3, -0.25) is 0 Å². The highest BCUT2D eigenvalue weighted by molar-refractivity contribution is 9.10. The van der Waals surface area contributed by atoms with Crippen LogP contribution in [0.2, 0.25) is 0 Å². The molecule has 0 aromatic heterocycles. The van der Waals surface area contributed by atoms with Crippen LogP contribution in [0.15, 0.2) is 22.7 Å². The molecule has 1 saturated carbocycles. The summed E-state index contributed by atoms with van der Waals surface area (Å²) < 4.78 is 32.4. The first kappa shape index (κ1) is 13.3. The molecule has 0 atom stereocenters. The van der Waals surface area contributed by atoms with E-state index in [1.807, 2.05) is 6.07 Å². The number of rotatable bonds is 2. The normalized spacial score (nSPS) is 19.2. The first-order valence-corrected chi connectivity index (χ1v) is 6.54. The number of benzene rings is 1. The molecule has 1 aliphatic carbocycles. The third kappa shape index (κ3) is 3.20. The molecule has 1 aromatic rings. The van der Waals surface area contributed by atoms with Gasteiger partial charge in [-0.05, 0) is 31.0 Å². The van der Waals surface area contributed by atoms with Crippen LogP contribution in [-0.2, 0) is 0 Å². The van der Waals surface area contributed by atoms with E-state index in [1.54, 1.807) is 18.2 Å². The summed E-state index contributed by atoms with van der Waals surface area (Å²) in [6, 6.07) is 7.16. The Kier molecular flexibility index (Phi) is 3.86. The van der Waals surface area contributed by atoms with E-state index in [9.17, 15) is 8.78 Å². The predicted octanol–water partition coefficient (Wildman–Crippen LogP) is 4.28. The van der Waals surface area contributed by atoms with Gasteiger partial charge >= 0.3 is 0 Å². The molecular weight excluding hydrogens is 304 g/mol. The van der Waals surface area contributed by atoms with Crippen LogP contribution in [0, 0.1) is 11.3 Å². The smallest absolute Gasteiger partial charge is 0.248 e. The Balaban J connectivity index is 2.05. The Bertz CT molecular complexity index is 474. The molecule has 1 aromatic carbocycles. The number of hydrogen-bond acceptors (Lipinski definition) is 2. The van der Waals surface area contributed by atoms with Crippen molar-refractivity contribution in [2.75, 3.05) is 0 Å². The number of nitriles is 1. The fourth-order valence-electron chi connectivity index (χ4n) is 2.00. The van der Waals surface area contributed by atoms with Crippen molar-refractivity contribution < 1.29 is 13.5 Å². The number of ether oxygens (including phenoxy) is 1. The molecule has 0 unspecified atom stereocenters. The summed E-state index contributed by atoms with van der Waals surface area (Å²) in [5.74, 6) is -2.09. The minimum atomic E-state index is -2.56. The van der Waals surface area contributed by atoms with Crippen LogP contribution in [0.25, 0.3) is 0 Å². The molecule has 0 radical (unpaired) electrons. The first-order valence-electron chi connectivity index (χ1n) is 5.74. The molecule has 0 saturated heterocycles. The van der Waals surface area contributed by atoms with Gasteiger partial charge in [-0.2, -0.15) is 5.26 Å². The van der Waals surface area contributed by atoms with E-state index < -0.39 is 5.92 Å². The maximum absolute atomic E-state index is 13.0. The Morgan fingerprint density at radius 1 is 1.33 bits per heavy atom. The fraction of sp³-hybridized carbons (Fsp3) is 0.462. The topological polar surface area (TPSA) is 33.0 Å². The monoisotopic (exact) mass is 315 g/mol. The zero-order valence-corrected chi connectivity index (χ0v) is 11.2. The third-order valence-electron chi connectivity index (χ3n) is 3.02. The molecule has 0 amide bonds. The molecule has 0 spiro atoms. The van der Waals surface area contributed by atoms with Crippen molar-refractivity contribution in [2.24, 2.45) is 0 Å². The molecule has 0 bridgehead atoms. The van der Waals surface area contributed by atoms with E-state index in [2.05, 4.69) is 15.9 Å². The lowest BCUT2D eigenvalue weighted by Crippen LogP contribution is -2.30. The van der Waals surface area contributed by atoms with Gasteiger partial charge in [-0.15, -0.1) is 0 Å². The molecule has 5 heteroatoms. The van der Waals surface area contributed by atoms with E-state index in [1.165, 1.54) is 0 Å². The fourth-order valence-corrected chi connectivity index (χ4v) is 2.36. The summed E-state index contributed by atoms with van der Waals surface area (Å²) in [7, 11) is 0. The molecular formula is C13H12BrF2NO. The molecule has 0 heterocycles. The number of alkyl halides is 2. The maximum Gasteiger partial charge on any atom is 0.248 e. The summed E-state index contributed by atoms with van der Waals surface area (Å²) in [6.07, 6.45) is 0.145. The Morgan fingerprint density at radius 2 is 2.00 bits per heavy atom. The van der Waals surface area contributed by atoms with Crippen LogP contribution in [0.5, 0.6) is 5.75 Å². The van der Waals surface area contributed by atoms with Gasteiger partial charge in [-0.1, -0.05) is 15.9 Å². The highest BCUT2D eigenvalue weighted by atomic mass is 79.9. The van der Waals surface area contributed by atoms with Crippen molar-refractivity contribution in [3.8, 4) is 11.8 Å². The second-order valence-electron chi connectivity index (χ2n) is 4.43. The van der Waals surface area contributed by atoms with Gasteiger partial charge in [0.25, 0.3) is 0 Å². The van der Waals surface area contributed by atoms with Crippen LogP contribution in [0.1, 0.15) is 31.2 Å². The van der Waals surface area contributed by atoms with Crippen LogP contribution in [0.3, 0.4) is 0 Å². The highest BCUT2D eigenvalue weighted by Gasteiger charge is 2.35. The predicted molar refractivity (Wildman–Crippen MR) is 66.7 cm³/mol. The first-order chi connectivity index (χ1) is 8.50. The van der Waals surface area contributed by atoms with Gasteiger partial charge in [0.1, 0.15) is 11.8 Å². The average Bonchev–Trinajstić information content (AvgIpc) is 2.34. The molecule has 2 nitrogen and oxygen atoms in total. The number of hydrogen-bond donors (Lipinski definition) is 0. The maximum atomic E-state index is 13.0. The van der Waals surface area contributed by atoms with E-state index in [-0.39, 0.29) is 18.9 Å². The van der Waals surface area contributed by atoms with E-state index in [4.69, 9.17) is 10.00 Å². The second-order valence-corrected chi connectivity index (χ2v) is 5.34. The summed E-state index contributed by atoms with van der Waals surface area (Å²) in [5.41, 5.74) is 0.418. The quantitative estimate of drug-likeness (QED) is 0.816. The third-order valence-corrected chi connectivity index (χ3v) is 3.51. The molecule has 0 N–H and O–H groups in total. The lowest BCUT2D eigenvalue weighted by Gasteiger charge is -2.28. The van der Waals surface area contributed by atoms with Crippen molar-refractivity contribution in [3.63, 3.8) is 0 Å². The van der Waals surface area contributed by atoms with Gasteiger partial charge < -0.3 is 4.74 Å². The number of nitrogens with zero attached hydrogens (tertiary/aromatic N) is 1. The van der Waals surface area contributed by atoms with Crippen molar-refractivity contribution >= 4 is 15.9 Å². The van der Waals surface area contributed by atoms with Gasteiger partial charge in [0.15, 0.2) is 0 Å². The van der Waals surface area contributed by atoms with Crippen LogP contribution >= 0.6 is 15.9 Å². The molecule has 1 fully saturated rings. The van der Waals surface area contributed by atoms with Gasteiger partial charge in [0.2, 0.25) is 5.92 Å². The van der Waals surface area contributed by atoms with Gasteiger partial charge in [0.05, 0.1) is 11.7 Å². The highest BCUT2D eigenvalue weighted by Crippen LogP contribution is 2.35. The largest absolute Gasteiger partial charge is 0.489 e. The van der Waals surface area contributed by atoms with E-state index in [0.29, 0.717) is 24.2 Å². The minimum Gasteiger partial charge on any atom is -0.489 e.